The van der Waals surface area contributed by atoms with Crippen LogP contribution in [-0.2, 0) is 4.79 Å². The van der Waals surface area contributed by atoms with Crippen molar-refractivity contribution in [2.24, 2.45) is 0 Å². The van der Waals surface area contributed by atoms with E-state index < -0.39 is 0 Å². The predicted molar refractivity (Wildman–Crippen MR) is 76.2 cm³/mol. The third-order valence-electron chi connectivity index (χ3n) is 3.01. The molecule has 0 fully saturated rings. The van der Waals surface area contributed by atoms with E-state index in [0.29, 0.717) is 10.9 Å². The second kappa shape index (κ2) is 6.04. The molecule has 2 heterocycles. The Labute approximate surface area is 125 Å². The van der Waals surface area contributed by atoms with Crippen molar-refractivity contribution in [1.82, 2.24) is 20.5 Å². The minimum atomic E-state index is -0.109. The van der Waals surface area contributed by atoms with Gasteiger partial charge in [-0.15, -0.1) is 0 Å². The van der Waals surface area contributed by atoms with Crippen molar-refractivity contribution in [3.05, 3.63) is 30.1 Å². The van der Waals surface area contributed by atoms with E-state index >= 15 is 0 Å². The SMILES string of the molecule is C[C@@H](NC(=O)CSc1ncn[nH]1)c1ccc2c(c1)OCO2. The monoisotopic (exact) mass is 306 g/mol. The van der Waals surface area contributed by atoms with E-state index in [0.717, 1.165) is 11.3 Å². The number of H-pyrrole nitrogens is 1. The number of aromatic nitrogens is 3. The maximum Gasteiger partial charge on any atom is 0.231 e. The van der Waals surface area contributed by atoms with Gasteiger partial charge in [-0.1, -0.05) is 17.8 Å². The summed E-state index contributed by atoms with van der Waals surface area (Å²) in [5.74, 6) is 1.66. The van der Waals surface area contributed by atoms with Crippen LogP contribution in [0.4, 0.5) is 0 Å². The number of fused-ring (bicyclic) bond motifs is 1. The highest BCUT2D eigenvalue weighted by molar-refractivity contribution is 7.99. The molecular weight excluding hydrogens is 292 g/mol. The number of nitrogens with zero attached hydrogens (tertiary/aromatic N) is 2. The smallest absolute Gasteiger partial charge is 0.231 e. The molecule has 110 valence electrons. The average Bonchev–Trinajstić information content (AvgIpc) is 3.15. The van der Waals surface area contributed by atoms with Gasteiger partial charge in [0.15, 0.2) is 16.7 Å². The summed E-state index contributed by atoms with van der Waals surface area (Å²) in [6.45, 7) is 2.17. The van der Waals surface area contributed by atoms with Crippen LogP contribution in [0.5, 0.6) is 11.5 Å². The minimum absolute atomic E-state index is 0.0680. The summed E-state index contributed by atoms with van der Waals surface area (Å²) in [5.41, 5.74) is 0.970. The Morgan fingerprint density at radius 1 is 1.48 bits per heavy atom. The average molecular weight is 306 g/mol. The first-order chi connectivity index (χ1) is 10.2. The van der Waals surface area contributed by atoms with E-state index in [1.807, 2.05) is 25.1 Å². The van der Waals surface area contributed by atoms with E-state index in [1.165, 1.54) is 18.1 Å². The fourth-order valence-corrected chi connectivity index (χ4v) is 2.54. The number of benzene rings is 1. The van der Waals surface area contributed by atoms with Crippen molar-refractivity contribution in [1.29, 1.82) is 0 Å². The van der Waals surface area contributed by atoms with Gasteiger partial charge in [-0.05, 0) is 24.6 Å². The summed E-state index contributed by atoms with van der Waals surface area (Å²) < 4.78 is 10.6. The second-order valence-corrected chi connectivity index (χ2v) is 5.45. The lowest BCUT2D eigenvalue weighted by atomic mass is 10.1. The highest BCUT2D eigenvalue weighted by atomic mass is 32.2. The largest absolute Gasteiger partial charge is 0.454 e. The normalized spacial score (nSPS) is 14.0. The van der Waals surface area contributed by atoms with Gasteiger partial charge >= 0.3 is 0 Å². The molecule has 0 spiro atoms. The molecule has 1 aromatic carbocycles. The highest BCUT2D eigenvalue weighted by Gasteiger charge is 2.17. The van der Waals surface area contributed by atoms with Crippen LogP contribution in [0.15, 0.2) is 29.7 Å². The summed E-state index contributed by atoms with van der Waals surface area (Å²) in [6.07, 6.45) is 1.41. The number of carbonyl (C=O) groups excluding carboxylic acids is 1. The van der Waals surface area contributed by atoms with Gasteiger partial charge in [0.1, 0.15) is 6.33 Å². The Balaban J connectivity index is 1.55. The van der Waals surface area contributed by atoms with E-state index in [-0.39, 0.29) is 24.5 Å². The van der Waals surface area contributed by atoms with Gasteiger partial charge in [0.25, 0.3) is 0 Å². The lowest BCUT2D eigenvalue weighted by Crippen LogP contribution is -2.28. The van der Waals surface area contributed by atoms with Crippen LogP contribution >= 0.6 is 11.8 Å². The Morgan fingerprint density at radius 2 is 2.33 bits per heavy atom. The van der Waals surface area contributed by atoms with Crippen molar-refractivity contribution in [2.45, 2.75) is 18.1 Å². The fraction of sp³-hybridized carbons (Fsp3) is 0.308. The molecule has 0 radical (unpaired) electrons. The maximum atomic E-state index is 11.9. The van der Waals surface area contributed by atoms with E-state index in [2.05, 4.69) is 20.5 Å². The van der Waals surface area contributed by atoms with Crippen LogP contribution < -0.4 is 14.8 Å². The number of hydrogen-bond acceptors (Lipinski definition) is 6. The van der Waals surface area contributed by atoms with Gasteiger partial charge < -0.3 is 14.8 Å². The summed E-state index contributed by atoms with van der Waals surface area (Å²) >= 11 is 1.31. The fourth-order valence-electron chi connectivity index (χ4n) is 1.95. The van der Waals surface area contributed by atoms with E-state index in [9.17, 15) is 4.79 Å². The molecule has 1 amide bonds. The highest BCUT2D eigenvalue weighted by Crippen LogP contribution is 2.34. The van der Waals surface area contributed by atoms with Crippen LogP contribution in [-0.4, -0.2) is 33.6 Å². The minimum Gasteiger partial charge on any atom is -0.454 e. The lowest BCUT2D eigenvalue weighted by Gasteiger charge is -2.14. The number of thioether (sulfide) groups is 1. The standard InChI is InChI=1S/C13H14N4O3S/c1-8(9-2-3-10-11(4-9)20-7-19-10)16-12(18)5-21-13-14-6-15-17-13/h2-4,6,8H,5,7H2,1H3,(H,16,18)(H,14,15,17)/t8-/m1/s1. The summed E-state index contributed by atoms with van der Waals surface area (Å²) in [4.78, 5) is 15.9. The van der Waals surface area contributed by atoms with Crippen LogP contribution in [0.2, 0.25) is 0 Å². The van der Waals surface area contributed by atoms with Crippen molar-refractivity contribution >= 4 is 17.7 Å². The van der Waals surface area contributed by atoms with Crippen molar-refractivity contribution < 1.29 is 14.3 Å². The molecule has 1 aromatic heterocycles. The first-order valence-electron chi connectivity index (χ1n) is 6.39. The van der Waals surface area contributed by atoms with Crippen molar-refractivity contribution in [3.63, 3.8) is 0 Å². The van der Waals surface area contributed by atoms with Crippen LogP contribution in [0.1, 0.15) is 18.5 Å². The molecule has 0 unspecified atom stereocenters. The third-order valence-corrected chi connectivity index (χ3v) is 3.88. The summed E-state index contributed by atoms with van der Waals surface area (Å²) in [7, 11) is 0. The number of ether oxygens (including phenoxy) is 2. The molecule has 0 saturated carbocycles. The zero-order valence-electron chi connectivity index (χ0n) is 11.3. The third kappa shape index (κ3) is 3.27. The van der Waals surface area contributed by atoms with Gasteiger partial charge in [-0.3, -0.25) is 9.89 Å². The molecule has 1 aliphatic rings. The lowest BCUT2D eigenvalue weighted by molar-refractivity contribution is -0.119. The van der Waals surface area contributed by atoms with Crippen LogP contribution in [0.3, 0.4) is 0 Å². The summed E-state index contributed by atoms with van der Waals surface area (Å²) in [6, 6.07) is 5.55. The Bertz CT molecular complexity index is 632. The predicted octanol–water partition coefficient (Wildman–Crippen LogP) is 1.50. The van der Waals surface area contributed by atoms with Gasteiger partial charge in [-0.2, -0.15) is 5.10 Å². The molecule has 0 saturated heterocycles. The molecule has 8 heteroatoms. The molecule has 0 bridgehead atoms. The topological polar surface area (TPSA) is 89.1 Å². The maximum absolute atomic E-state index is 11.9. The zero-order valence-corrected chi connectivity index (χ0v) is 12.1. The van der Waals surface area contributed by atoms with E-state index in [1.54, 1.807) is 0 Å². The number of hydrogen-bond donors (Lipinski definition) is 2. The van der Waals surface area contributed by atoms with Crippen LogP contribution in [0.25, 0.3) is 0 Å². The van der Waals surface area contributed by atoms with Gasteiger partial charge in [0, 0.05) is 0 Å². The Hall–Kier alpha value is -2.22. The number of rotatable bonds is 5. The second-order valence-electron chi connectivity index (χ2n) is 4.48. The number of carbonyl (C=O) groups is 1. The van der Waals surface area contributed by atoms with Crippen molar-refractivity contribution in [3.8, 4) is 11.5 Å². The molecule has 21 heavy (non-hydrogen) atoms. The van der Waals surface area contributed by atoms with Gasteiger partial charge in [-0.25, -0.2) is 4.98 Å². The molecule has 0 aliphatic carbocycles. The zero-order chi connectivity index (χ0) is 14.7. The molecule has 1 atom stereocenters. The molecule has 7 nitrogen and oxygen atoms in total. The van der Waals surface area contributed by atoms with Gasteiger partial charge in [0.05, 0.1) is 11.8 Å². The quantitative estimate of drug-likeness (QED) is 0.814. The summed E-state index contributed by atoms with van der Waals surface area (Å²) in [5, 5.41) is 9.98. The van der Waals surface area contributed by atoms with E-state index in [4.69, 9.17) is 9.47 Å². The van der Waals surface area contributed by atoms with Crippen LogP contribution in [0, 0.1) is 0 Å². The number of amides is 1. The van der Waals surface area contributed by atoms with Gasteiger partial charge in [0.2, 0.25) is 12.7 Å². The molecule has 3 rings (SSSR count). The first-order valence-corrected chi connectivity index (χ1v) is 7.38. The number of aromatic amines is 1. The Morgan fingerprint density at radius 3 is 3.14 bits per heavy atom. The number of nitrogens with one attached hydrogen (secondary N) is 2. The first kappa shape index (κ1) is 13.7. The Kier molecular flexibility index (Phi) is 3.96. The molecule has 2 aromatic rings. The van der Waals surface area contributed by atoms with Crippen molar-refractivity contribution in [2.75, 3.05) is 12.5 Å². The molecule has 1 aliphatic heterocycles. The molecule has 2 N–H and O–H groups in total. The molecular formula is C13H14N4O3S.